The first-order valence-corrected chi connectivity index (χ1v) is 7.23. The van der Waals surface area contributed by atoms with Crippen LogP contribution in [0.1, 0.15) is 5.56 Å². The largest absolute Gasteiger partial charge is 0.508 e. The van der Waals surface area contributed by atoms with Crippen LogP contribution in [-0.2, 0) is 4.79 Å². The van der Waals surface area contributed by atoms with Crippen LogP contribution in [0.2, 0.25) is 0 Å². The van der Waals surface area contributed by atoms with E-state index in [0.29, 0.717) is 11.3 Å². The van der Waals surface area contributed by atoms with E-state index in [9.17, 15) is 19.8 Å². The summed E-state index contributed by atoms with van der Waals surface area (Å²) in [6, 6.07) is 12.7. The van der Waals surface area contributed by atoms with Crippen molar-refractivity contribution in [1.29, 1.82) is 0 Å². The zero-order valence-electron chi connectivity index (χ0n) is 11.3. The number of rotatable bonds is 2. The highest BCUT2D eigenvalue weighted by Crippen LogP contribution is 2.37. The molecule has 110 valence electrons. The van der Waals surface area contributed by atoms with Gasteiger partial charge in [0, 0.05) is 11.6 Å². The maximum absolute atomic E-state index is 12.4. The number of phenolic OH excluding ortho intramolecular Hbond substituents is 2. The number of aromatic hydroxyl groups is 2. The zero-order chi connectivity index (χ0) is 15.7. The highest BCUT2D eigenvalue weighted by Gasteiger charge is 2.36. The maximum Gasteiger partial charge on any atom is 0.298 e. The Balaban J connectivity index is 1.96. The summed E-state index contributed by atoms with van der Waals surface area (Å²) in [6.07, 6.45) is 1.43. The first-order valence-electron chi connectivity index (χ1n) is 6.41. The van der Waals surface area contributed by atoms with Crippen molar-refractivity contribution in [2.45, 2.75) is 0 Å². The lowest BCUT2D eigenvalue weighted by atomic mass is 10.1. The monoisotopic (exact) mass is 313 g/mol. The van der Waals surface area contributed by atoms with Gasteiger partial charge < -0.3 is 10.2 Å². The van der Waals surface area contributed by atoms with Crippen LogP contribution in [0.3, 0.4) is 0 Å². The molecule has 3 rings (SSSR count). The van der Waals surface area contributed by atoms with E-state index >= 15 is 0 Å². The normalized spacial score (nSPS) is 16.5. The fourth-order valence-corrected chi connectivity index (χ4v) is 2.89. The third kappa shape index (κ3) is 2.56. The molecule has 2 aromatic rings. The lowest BCUT2D eigenvalue weighted by Gasteiger charge is -2.11. The van der Waals surface area contributed by atoms with Crippen LogP contribution >= 0.6 is 11.8 Å². The van der Waals surface area contributed by atoms with Crippen LogP contribution in [0.4, 0.5) is 10.5 Å². The zero-order valence-corrected chi connectivity index (χ0v) is 12.1. The minimum absolute atomic E-state index is 0.0768. The van der Waals surface area contributed by atoms with Crippen LogP contribution in [0.25, 0.3) is 6.08 Å². The molecule has 1 aliphatic heterocycles. The second kappa shape index (κ2) is 5.57. The molecule has 0 atom stereocenters. The van der Waals surface area contributed by atoms with Gasteiger partial charge in [0.1, 0.15) is 11.5 Å². The fourth-order valence-electron chi connectivity index (χ4n) is 2.06. The number of nitrogens with zero attached hydrogens (tertiary/aromatic N) is 1. The van der Waals surface area contributed by atoms with Gasteiger partial charge in [0.05, 0.1) is 10.6 Å². The number of anilines is 1. The van der Waals surface area contributed by atoms with Crippen LogP contribution in [0.15, 0.2) is 53.4 Å². The Labute approximate surface area is 130 Å². The van der Waals surface area contributed by atoms with E-state index in [4.69, 9.17) is 0 Å². The summed E-state index contributed by atoms with van der Waals surface area (Å²) in [4.78, 5) is 25.7. The molecule has 1 heterocycles. The Bertz CT molecular complexity index is 786. The Hall–Kier alpha value is -2.73. The van der Waals surface area contributed by atoms with Crippen molar-refractivity contribution in [1.82, 2.24) is 0 Å². The molecule has 6 heteroatoms. The molecule has 1 saturated heterocycles. The summed E-state index contributed by atoms with van der Waals surface area (Å²) < 4.78 is 0. The fraction of sp³-hybridized carbons (Fsp3) is 0. The number of carbonyl (C=O) groups is 2. The molecule has 22 heavy (non-hydrogen) atoms. The number of para-hydroxylation sites is 1. The highest BCUT2D eigenvalue weighted by atomic mass is 32.2. The summed E-state index contributed by atoms with van der Waals surface area (Å²) in [5, 5.41) is 18.6. The Kier molecular flexibility index (Phi) is 3.60. The minimum atomic E-state index is -0.436. The van der Waals surface area contributed by atoms with Crippen molar-refractivity contribution < 1.29 is 19.8 Å². The summed E-state index contributed by atoms with van der Waals surface area (Å²) in [5.74, 6) is -0.674. The van der Waals surface area contributed by atoms with Crippen LogP contribution in [0, 0.1) is 0 Å². The molecule has 0 bridgehead atoms. The maximum atomic E-state index is 12.4. The molecule has 0 unspecified atom stereocenters. The van der Waals surface area contributed by atoms with Crippen molar-refractivity contribution in [2.75, 3.05) is 4.90 Å². The molecule has 0 spiro atoms. The predicted octanol–water partition coefficient (Wildman–Crippen LogP) is 3.34. The highest BCUT2D eigenvalue weighted by molar-refractivity contribution is 8.19. The quantitative estimate of drug-likeness (QED) is 0.831. The number of carbonyl (C=O) groups excluding carboxylic acids is 2. The summed E-state index contributed by atoms with van der Waals surface area (Å²) in [7, 11) is 0. The number of hydrogen-bond donors (Lipinski definition) is 2. The second-order valence-electron chi connectivity index (χ2n) is 4.60. The number of hydrogen-bond acceptors (Lipinski definition) is 5. The Morgan fingerprint density at radius 3 is 2.41 bits per heavy atom. The molecule has 2 N–H and O–H groups in total. The van der Waals surface area contributed by atoms with Gasteiger partial charge in [-0.25, -0.2) is 4.90 Å². The van der Waals surface area contributed by atoms with Crippen LogP contribution < -0.4 is 4.90 Å². The predicted molar refractivity (Wildman–Crippen MR) is 84.7 cm³/mol. The van der Waals surface area contributed by atoms with Gasteiger partial charge in [-0.3, -0.25) is 9.59 Å². The summed E-state index contributed by atoms with van der Waals surface area (Å²) in [5.41, 5.74) is 0.861. The van der Waals surface area contributed by atoms with E-state index in [1.165, 1.54) is 24.3 Å². The van der Waals surface area contributed by atoms with Crippen molar-refractivity contribution in [3.8, 4) is 11.5 Å². The first-order chi connectivity index (χ1) is 10.6. The third-order valence-electron chi connectivity index (χ3n) is 3.11. The van der Waals surface area contributed by atoms with Crippen LogP contribution in [0.5, 0.6) is 11.5 Å². The van der Waals surface area contributed by atoms with E-state index in [0.717, 1.165) is 16.7 Å². The number of benzene rings is 2. The van der Waals surface area contributed by atoms with Gasteiger partial charge in [0.15, 0.2) is 0 Å². The van der Waals surface area contributed by atoms with Crippen molar-refractivity contribution in [3.05, 3.63) is 59.0 Å². The average Bonchev–Trinajstić information content (AvgIpc) is 2.77. The molecule has 2 amide bonds. The molecule has 0 saturated carbocycles. The molecular formula is C16H11NO4S. The second-order valence-corrected chi connectivity index (χ2v) is 5.59. The summed E-state index contributed by atoms with van der Waals surface area (Å²) in [6.45, 7) is 0. The molecule has 5 nitrogen and oxygen atoms in total. The topological polar surface area (TPSA) is 77.8 Å². The van der Waals surface area contributed by atoms with E-state index < -0.39 is 5.91 Å². The molecule has 0 aliphatic carbocycles. The van der Waals surface area contributed by atoms with E-state index in [2.05, 4.69) is 0 Å². The molecular weight excluding hydrogens is 302 g/mol. The molecule has 1 fully saturated rings. The standard InChI is InChI=1S/C16H11NO4S/c18-12-7-6-10(13(19)9-12)8-14-15(20)17(16(21)22-14)11-4-2-1-3-5-11/h1-9,18-19H/b14-8-. The van der Waals surface area contributed by atoms with Crippen LogP contribution in [-0.4, -0.2) is 21.4 Å². The smallest absolute Gasteiger partial charge is 0.298 e. The lowest BCUT2D eigenvalue weighted by molar-refractivity contribution is -0.113. The number of thioether (sulfide) groups is 1. The Morgan fingerprint density at radius 1 is 1.00 bits per heavy atom. The number of amides is 2. The van der Waals surface area contributed by atoms with Crippen molar-refractivity contribution in [3.63, 3.8) is 0 Å². The minimum Gasteiger partial charge on any atom is -0.508 e. The third-order valence-corrected chi connectivity index (χ3v) is 3.98. The first kappa shape index (κ1) is 14.2. The van der Waals surface area contributed by atoms with Gasteiger partial charge in [-0.15, -0.1) is 0 Å². The van der Waals surface area contributed by atoms with Gasteiger partial charge in [0.25, 0.3) is 11.1 Å². The van der Waals surface area contributed by atoms with Gasteiger partial charge in [-0.2, -0.15) is 0 Å². The van der Waals surface area contributed by atoms with Gasteiger partial charge in [-0.1, -0.05) is 18.2 Å². The Morgan fingerprint density at radius 2 is 1.73 bits per heavy atom. The van der Waals surface area contributed by atoms with E-state index in [1.54, 1.807) is 30.3 Å². The molecule has 2 aromatic carbocycles. The summed E-state index contributed by atoms with van der Waals surface area (Å²) >= 11 is 0.809. The number of imide groups is 1. The van der Waals surface area contributed by atoms with Gasteiger partial charge in [-0.05, 0) is 42.1 Å². The van der Waals surface area contributed by atoms with Gasteiger partial charge >= 0.3 is 0 Å². The SMILES string of the molecule is O=C1S/C(=C\c2ccc(O)cc2O)C(=O)N1c1ccccc1. The lowest BCUT2D eigenvalue weighted by Crippen LogP contribution is -2.27. The van der Waals surface area contributed by atoms with Crippen molar-refractivity contribution >= 4 is 34.7 Å². The number of phenols is 2. The van der Waals surface area contributed by atoms with Crippen molar-refractivity contribution in [2.24, 2.45) is 0 Å². The average molecular weight is 313 g/mol. The van der Waals surface area contributed by atoms with Gasteiger partial charge in [0.2, 0.25) is 0 Å². The molecule has 0 radical (unpaired) electrons. The molecule has 1 aliphatic rings. The van der Waals surface area contributed by atoms with E-state index in [1.807, 2.05) is 0 Å². The molecule has 0 aromatic heterocycles. The van der Waals surface area contributed by atoms with E-state index in [-0.39, 0.29) is 21.6 Å².